The summed E-state index contributed by atoms with van der Waals surface area (Å²) < 4.78 is 4.06. The molecule has 0 amide bonds. The van der Waals surface area contributed by atoms with Crippen molar-refractivity contribution in [1.29, 1.82) is 0 Å². The lowest BCUT2D eigenvalue weighted by molar-refractivity contribution is -0.163. The molecule has 0 aromatic rings. The number of halogens is 1. The Kier molecular flexibility index (Phi) is 6.61. The van der Waals surface area contributed by atoms with E-state index in [1.165, 1.54) is 0 Å². The molecule has 0 saturated heterocycles. The SMILES string of the molecule is CCOC(=O)C(=O)O.[Cl-]. The van der Waals surface area contributed by atoms with Crippen molar-refractivity contribution in [3.63, 3.8) is 0 Å². The first kappa shape index (κ1) is 11.1. The number of aliphatic carboxylic acids is 1. The summed E-state index contributed by atoms with van der Waals surface area (Å²) in [6.07, 6.45) is 0. The van der Waals surface area contributed by atoms with Gasteiger partial charge in [-0.3, -0.25) is 0 Å². The largest absolute Gasteiger partial charge is 1.00 e. The molecule has 0 aliphatic heterocycles. The standard InChI is InChI=1S/C4H6O4.ClH/c1-2-8-4(7)3(5)6;/h2H2,1H3,(H,5,6);1H/p-1. The van der Waals surface area contributed by atoms with Crippen molar-refractivity contribution >= 4 is 11.9 Å². The molecule has 0 aliphatic carbocycles. The van der Waals surface area contributed by atoms with Crippen LogP contribution in [0.1, 0.15) is 6.92 Å². The van der Waals surface area contributed by atoms with Gasteiger partial charge in [-0.05, 0) is 6.92 Å². The zero-order valence-corrected chi connectivity index (χ0v) is 5.51. The van der Waals surface area contributed by atoms with Crippen LogP contribution in [0.5, 0.6) is 0 Å². The number of carbonyl (C=O) groups is 2. The molecule has 0 aliphatic rings. The fourth-order valence-corrected chi connectivity index (χ4v) is 0.193. The minimum absolute atomic E-state index is 0. The van der Waals surface area contributed by atoms with Gasteiger partial charge in [0.1, 0.15) is 0 Å². The molecular formula is C4H6ClO4-. The Morgan fingerprint density at radius 1 is 1.56 bits per heavy atom. The Bertz CT molecular complexity index is 111. The molecule has 0 unspecified atom stereocenters. The van der Waals surface area contributed by atoms with Crippen LogP contribution in [-0.4, -0.2) is 23.7 Å². The second-order valence-electron chi connectivity index (χ2n) is 1.03. The molecule has 0 aromatic carbocycles. The van der Waals surface area contributed by atoms with Gasteiger partial charge in [-0.25, -0.2) is 9.59 Å². The smallest absolute Gasteiger partial charge is 0.417 e. The van der Waals surface area contributed by atoms with Crippen LogP contribution in [0.2, 0.25) is 0 Å². The van der Waals surface area contributed by atoms with Gasteiger partial charge in [0.25, 0.3) is 0 Å². The van der Waals surface area contributed by atoms with Crippen LogP contribution in [0.25, 0.3) is 0 Å². The number of hydrogen-bond acceptors (Lipinski definition) is 3. The molecule has 0 aromatic heterocycles. The van der Waals surface area contributed by atoms with Crippen LogP contribution >= 0.6 is 0 Å². The number of carboxylic acids is 1. The summed E-state index contributed by atoms with van der Waals surface area (Å²) in [4.78, 5) is 19.5. The van der Waals surface area contributed by atoms with Crippen LogP contribution in [0.3, 0.4) is 0 Å². The summed E-state index contributed by atoms with van der Waals surface area (Å²) in [6.45, 7) is 1.64. The topological polar surface area (TPSA) is 63.6 Å². The van der Waals surface area contributed by atoms with E-state index in [1.807, 2.05) is 0 Å². The molecule has 0 rings (SSSR count). The quantitative estimate of drug-likeness (QED) is 0.316. The van der Waals surface area contributed by atoms with Gasteiger partial charge in [0, 0.05) is 0 Å². The number of ether oxygens (including phenoxy) is 1. The Morgan fingerprint density at radius 2 is 2.00 bits per heavy atom. The van der Waals surface area contributed by atoms with Crippen LogP contribution < -0.4 is 12.4 Å². The first-order valence-corrected chi connectivity index (χ1v) is 2.08. The van der Waals surface area contributed by atoms with Gasteiger partial charge in [0.2, 0.25) is 0 Å². The van der Waals surface area contributed by atoms with Crippen molar-refractivity contribution in [3.8, 4) is 0 Å². The molecule has 0 bridgehead atoms. The Balaban J connectivity index is 0. The number of carbonyl (C=O) groups excluding carboxylic acids is 1. The molecule has 54 valence electrons. The minimum atomic E-state index is -1.55. The lowest BCUT2D eigenvalue weighted by Gasteiger charge is -1.91. The fourth-order valence-electron chi connectivity index (χ4n) is 0.193. The molecule has 5 heteroatoms. The lowest BCUT2D eigenvalue weighted by Crippen LogP contribution is -3.00. The lowest BCUT2D eigenvalue weighted by atomic mass is 10.7. The summed E-state index contributed by atoms with van der Waals surface area (Å²) in [6, 6.07) is 0. The van der Waals surface area contributed by atoms with Crippen molar-refractivity contribution in [3.05, 3.63) is 0 Å². The second kappa shape index (κ2) is 5.37. The molecule has 0 saturated carbocycles. The summed E-state index contributed by atoms with van der Waals surface area (Å²) in [7, 11) is 0. The summed E-state index contributed by atoms with van der Waals surface area (Å²) in [5.74, 6) is -2.75. The highest BCUT2D eigenvalue weighted by Crippen LogP contribution is 1.74. The van der Waals surface area contributed by atoms with Crippen molar-refractivity contribution < 1.29 is 31.8 Å². The summed E-state index contributed by atoms with van der Waals surface area (Å²) in [5, 5.41) is 7.84. The van der Waals surface area contributed by atoms with Gasteiger partial charge < -0.3 is 22.3 Å². The predicted molar refractivity (Wildman–Crippen MR) is 24.3 cm³/mol. The summed E-state index contributed by atoms with van der Waals surface area (Å²) in [5.41, 5.74) is 0. The third kappa shape index (κ3) is 5.10. The van der Waals surface area contributed by atoms with Gasteiger partial charge in [0.15, 0.2) is 0 Å². The highest BCUT2D eigenvalue weighted by Gasteiger charge is 2.09. The molecule has 0 fully saturated rings. The van der Waals surface area contributed by atoms with Gasteiger partial charge in [-0.1, -0.05) is 0 Å². The second-order valence-corrected chi connectivity index (χ2v) is 1.03. The average Bonchev–Trinajstić information content (AvgIpc) is 1.67. The number of esters is 1. The maximum absolute atomic E-state index is 9.92. The van der Waals surface area contributed by atoms with Gasteiger partial charge >= 0.3 is 11.9 Å². The maximum Gasteiger partial charge on any atom is 0.417 e. The van der Waals surface area contributed by atoms with E-state index in [0.29, 0.717) is 0 Å². The fraction of sp³-hybridized carbons (Fsp3) is 0.500. The zero-order valence-electron chi connectivity index (χ0n) is 4.76. The summed E-state index contributed by atoms with van der Waals surface area (Å²) >= 11 is 0. The highest BCUT2D eigenvalue weighted by atomic mass is 35.5. The number of hydrogen-bond donors (Lipinski definition) is 1. The molecule has 0 heterocycles. The molecule has 0 atom stereocenters. The Morgan fingerprint density at radius 3 is 2.11 bits per heavy atom. The van der Waals surface area contributed by atoms with Crippen LogP contribution in [0.15, 0.2) is 0 Å². The molecule has 0 radical (unpaired) electrons. The molecule has 0 spiro atoms. The molecule has 1 N–H and O–H groups in total. The van der Waals surface area contributed by atoms with E-state index in [4.69, 9.17) is 5.11 Å². The molecular weight excluding hydrogens is 147 g/mol. The third-order valence-corrected chi connectivity index (χ3v) is 0.450. The van der Waals surface area contributed by atoms with Crippen molar-refractivity contribution in [2.75, 3.05) is 6.61 Å². The Labute approximate surface area is 58.2 Å². The van der Waals surface area contributed by atoms with Crippen LogP contribution in [0.4, 0.5) is 0 Å². The van der Waals surface area contributed by atoms with Crippen molar-refractivity contribution in [2.45, 2.75) is 6.92 Å². The van der Waals surface area contributed by atoms with E-state index < -0.39 is 11.9 Å². The number of carboxylic acid groups (broad SMARTS) is 1. The monoisotopic (exact) mass is 153 g/mol. The average molecular weight is 154 g/mol. The highest BCUT2D eigenvalue weighted by molar-refractivity contribution is 6.28. The first-order chi connectivity index (χ1) is 3.68. The van der Waals surface area contributed by atoms with E-state index >= 15 is 0 Å². The number of rotatable bonds is 1. The van der Waals surface area contributed by atoms with E-state index in [9.17, 15) is 9.59 Å². The van der Waals surface area contributed by atoms with Gasteiger partial charge in [-0.15, -0.1) is 0 Å². The van der Waals surface area contributed by atoms with Gasteiger partial charge in [-0.2, -0.15) is 0 Å². The van der Waals surface area contributed by atoms with Crippen LogP contribution in [0, 0.1) is 0 Å². The first-order valence-electron chi connectivity index (χ1n) is 2.08. The third-order valence-electron chi connectivity index (χ3n) is 0.450. The molecule has 9 heavy (non-hydrogen) atoms. The van der Waals surface area contributed by atoms with E-state index in [1.54, 1.807) is 6.92 Å². The zero-order chi connectivity index (χ0) is 6.57. The predicted octanol–water partition coefficient (Wildman–Crippen LogP) is -3.36. The normalized spacial score (nSPS) is 7.22. The Hall–Kier alpha value is -0.770. The minimum Gasteiger partial charge on any atom is -1.00 e. The van der Waals surface area contributed by atoms with Crippen molar-refractivity contribution in [1.82, 2.24) is 0 Å². The van der Waals surface area contributed by atoms with Gasteiger partial charge in [0.05, 0.1) is 6.61 Å². The van der Waals surface area contributed by atoms with E-state index in [0.717, 1.165) is 0 Å². The van der Waals surface area contributed by atoms with Crippen molar-refractivity contribution in [2.24, 2.45) is 0 Å². The molecule has 4 nitrogen and oxygen atoms in total. The maximum atomic E-state index is 9.92. The van der Waals surface area contributed by atoms with E-state index in [2.05, 4.69) is 4.74 Å². The van der Waals surface area contributed by atoms with Crippen LogP contribution in [-0.2, 0) is 14.3 Å². The van der Waals surface area contributed by atoms with E-state index in [-0.39, 0.29) is 19.0 Å².